The van der Waals surface area contributed by atoms with Gasteiger partial charge in [-0.2, -0.15) is 0 Å². The SMILES string of the molecule is COc1cc(F)c(F)c(Nc2ccc(I)cc2F)c1N(P)S(=O)(=O)C1(CC(=O)CO)CC1. The number of anilines is 3. The lowest BCUT2D eigenvalue weighted by atomic mass is 10.2. The Balaban J connectivity index is 2.14. The molecular formula is C19H19F3IN2O5PS. The summed E-state index contributed by atoms with van der Waals surface area (Å²) >= 11 is 1.87. The summed E-state index contributed by atoms with van der Waals surface area (Å²) in [7, 11) is -1.27. The molecule has 174 valence electrons. The number of sulfonamides is 1. The van der Waals surface area contributed by atoms with Crippen LogP contribution in [0.3, 0.4) is 0 Å². The van der Waals surface area contributed by atoms with E-state index in [0.29, 0.717) is 13.7 Å². The van der Waals surface area contributed by atoms with Gasteiger partial charge in [0.25, 0.3) is 0 Å². The van der Waals surface area contributed by atoms with E-state index < -0.39 is 62.4 Å². The van der Waals surface area contributed by atoms with Crippen molar-refractivity contribution in [2.24, 2.45) is 0 Å². The number of benzene rings is 2. The highest BCUT2D eigenvalue weighted by molar-refractivity contribution is 14.1. The van der Waals surface area contributed by atoms with Gasteiger partial charge in [-0.15, -0.1) is 0 Å². The standard InChI is InChI=1S/C19H19F3IN2O5PS/c1-30-15-7-13(21)16(22)17(24-14-3-2-10(23)6-12(14)20)18(15)25(31)32(28,29)19(4-5-19)8-11(27)9-26/h2-3,6-7,24,26H,4-5,8-9,31H2,1H3. The average Bonchev–Trinajstić information content (AvgIpc) is 3.53. The summed E-state index contributed by atoms with van der Waals surface area (Å²) in [5, 5.41) is 11.5. The zero-order valence-corrected chi connectivity index (χ0v) is 20.8. The van der Waals surface area contributed by atoms with E-state index in [9.17, 15) is 26.4 Å². The highest BCUT2D eigenvalue weighted by atomic mass is 127. The third-order valence-corrected chi connectivity index (χ3v) is 9.21. The molecule has 0 bridgehead atoms. The van der Waals surface area contributed by atoms with Crippen molar-refractivity contribution in [3.05, 3.63) is 45.3 Å². The zero-order chi connectivity index (χ0) is 23.8. The van der Waals surface area contributed by atoms with Gasteiger partial charge in [0.15, 0.2) is 17.4 Å². The van der Waals surface area contributed by atoms with Crippen LogP contribution >= 0.6 is 32.0 Å². The fourth-order valence-corrected chi connectivity index (χ4v) is 6.40. The van der Waals surface area contributed by atoms with Crippen LogP contribution in [0.2, 0.25) is 0 Å². The van der Waals surface area contributed by atoms with E-state index in [0.717, 1.165) is 13.2 Å². The van der Waals surface area contributed by atoms with E-state index in [1.807, 2.05) is 32.0 Å². The number of halogens is 4. The third kappa shape index (κ3) is 4.55. The van der Waals surface area contributed by atoms with Gasteiger partial charge >= 0.3 is 0 Å². The third-order valence-electron chi connectivity index (χ3n) is 5.10. The molecule has 1 fully saturated rings. The Morgan fingerprint density at radius 3 is 2.47 bits per heavy atom. The Labute approximate surface area is 198 Å². The maximum atomic E-state index is 14.9. The number of ketones is 1. The van der Waals surface area contributed by atoms with Gasteiger partial charge in [-0.3, -0.25) is 4.79 Å². The Kier molecular flexibility index (Phi) is 7.28. The van der Waals surface area contributed by atoms with Crippen molar-refractivity contribution in [3.8, 4) is 5.75 Å². The van der Waals surface area contributed by atoms with Crippen molar-refractivity contribution in [2.45, 2.75) is 24.0 Å². The van der Waals surface area contributed by atoms with Crippen LogP contribution in [-0.4, -0.2) is 37.8 Å². The number of ether oxygens (including phenoxy) is 1. The molecule has 0 aliphatic heterocycles. The molecule has 32 heavy (non-hydrogen) atoms. The highest BCUT2D eigenvalue weighted by Crippen LogP contribution is 2.53. The number of methoxy groups -OCH3 is 1. The van der Waals surface area contributed by atoms with Crippen molar-refractivity contribution < 1.29 is 36.2 Å². The lowest BCUT2D eigenvalue weighted by Crippen LogP contribution is -2.37. The van der Waals surface area contributed by atoms with Crippen LogP contribution in [0.5, 0.6) is 5.75 Å². The first-order valence-corrected chi connectivity index (χ1v) is 12.2. The van der Waals surface area contributed by atoms with Gasteiger partial charge in [0.05, 0.1) is 17.5 Å². The number of nitrogens with zero attached hydrogens (tertiary/aromatic N) is 1. The van der Waals surface area contributed by atoms with Gasteiger partial charge < -0.3 is 15.2 Å². The first kappa shape index (κ1) is 25.0. The predicted molar refractivity (Wildman–Crippen MR) is 125 cm³/mol. The summed E-state index contributed by atoms with van der Waals surface area (Å²) in [5.41, 5.74) is -1.30. The predicted octanol–water partition coefficient (Wildman–Crippen LogP) is 3.87. The summed E-state index contributed by atoms with van der Waals surface area (Å²) in [6.07, 6.45) is -0.143. The number of hydrogen-bond acceptors (Lipinski definition) is 6. The second kappa shape index (κ2) is 9.32. The van der Waals surface area contributed by atoms with Crippen molar-refractivity contribution in [3.63, 3.8) is 0 Å². The van der Waals surface area contributed by atoms with Crippen LogP contribution in [0, 0.1) is 21.0 Å². The van der Waals surface area contributed by atoms with Crippen LogP contribution in [-0.2, 0) is 14.8 Å². The first-order valence-electron chi connectivity index (χ1n) is 9.17. The fraction of sp³-hybridized carbons (Fsp3) is 0.316. The summed E-state index contributed by atoms with van der Waals surface area (Å²) < 4.78 is 75.0. The van der Waals surface area contributed by atoms with Crippen molar-refractivity contribution >= 4 is 64.9 Å². The summed E-state index contributed by atoms with van der Waals surface area (Å²) in [6, 6.07) is 4.65. The van der Waals surface area contributed by atoms with Crippen LogP contribution in [0.1, 0.15) is 19.3 Å². The monoisotopic (exact) mass is 602 g/mol. The minimum absolute atomic E-state index is 0.145. The minimum Gasteiger partial charge on any atom is -0.494 e. The molecule has 2 aromatic carbocycles. The van der Waals surface area contributed by atoms with Crippen LogP contribution in [0.4, 0.5) is 30.2 Å². The van der Waals surface area contributed by atoms with E-state index in [4.69, 9.17) is 9.84 Å². The Morgan fingerprint density at radius 1 is 1.28 bits per heavy atom. The molecule has 1 saturated carbocycles. The lowest BCUT2D eigenvalue weighted by molar-refractivity contribution is -0.121. The molecule has 0 saturated heterocycles. The largest absolute Gasteiger partial charge is 0.494 e. The smallest absolute Gasteiger partial charge is 0.244 e. The molecule has 1 aliphatic carbocycles. The van der Waals surface area contributed by atoms with Gasteiger partial charge in [0.2, 0.25) is 10.0 Å². The number of aliphatic hydroxyl groups excluding tert-OH is 1. The first-order chi connectivity index (χ1) is 15.0. The second-order valence-electron chi connectivity index (χ2n) is 7.20. The van der Waals surface area contributed by atoms with E-state index in [1.54, 1.807) is 0 Å². The number of nitrogens with one attached hydrogen (secondary N) is 1. The van der Waals surface area contributed by atoms with E-state index in [1.165, 1.54) is 12.1 Å². The number of carbonyl (C=O) groups is 1. The molecule has 0 aromatic heterocycles. The molecule has 0 spiro atoms. The number of carbonyl (C=O) groups excluding carboxylic acids is 1. The van der Waals surface area contributed by atoms with Crippen molar-refractivity contribution in [1.82, 2.24) is 0 Å². The van der Waals surface area contributed by atoms with Crippen LogP contribution in [0.25, 0.3) is 0 Å². The molecular weight excluding hydrogens is 583 g/mol. The summed E-state index contributed by atoms with van der Waals surface area (Å²) in [6.45, 7) is -0.818. The van der Waals surface area contributed by atoms with Gasteiger partial charge in [0.1, 0.15) is 29.5 Å². The average molecular weight is 602 g/mol. The van der Waals surface area contributed by atoms with Gasteiger partial charge in [-0.1, -0.05) is 0 Å². The number of rotatable bonds is 9. The molecule has 1 atom stereocenters. The number of hydrogen-bond donors (Lipinski definition) is 2. The van der Waals surface area contributed by atoms with Crippen molar-refractivity contribution in [1.29, 1.82) is 0 Å². The molecule has 13 heteroatoms. The molecule has 3 rings (SSSR count). The quantitative estimate of drug-likeness (QED) is 0.335. The van der Waals surface area contributed by atoms with E-state index in [2.05, 4.69) is 5.32 Å². The Morgan fingerprint density at radius 2 is 1.94 bits per heavy atom. The fourth-order valence-electron chi connectivity index (χ4n) is 3.22. The Bertz CT molecular complexity index is 1180. The topological polar surface area (TPSA) is 95.9 Å². The van der Waals surface area contributed by atoms with Gasteiger partial charge in [-0.25, -0.2) is 25.7 Å². The minimum atomic E-state index is -4.32. The maximum Gasteiger partial charge on any atom is 0.244 e. The molecule has 0 heterocycles. The van der Waals surface area contributed by atoms with Gasteiger partial charge in [-0.05, 0) is 63.0 Å². The summed E-state index contributed by atoms with van der Waals surface area (Å²) in [4.78, 5) is 11.7. The van der Waals surface area contributed by atoms with Crippen LogP contribution < -0.4 is 14.1 Å². The van der Waals surface area contributed by atoms with Crippen LogP contribution in [0.15, 0.2) is 24.3 Å². The van der Waals surface area contributed by atoms with E-state index in [-0.39, 0.29) is 24.3 Å². The van der Waals surface area contributed by atoms with E-state index >= 15 is 0 Å². The maximum absolute atomic E-state index is 14.9. The Hall–Kier alpha value is -1.63. The highest BCUT2D eigenvalue weighted by Gasteiger charge is 2.58. The van der Waals surface area contributed by atoms with Crippen molar-refractivity contribution in [2.75, 3.05) is 23.1 Å². The molecule has 2 N–H and O–H groups in total. The lowest BCUT2D eigenvalue weighted by Gasteiger charge is -2.29. The zero-order valence-electron chi connectivity index (χ0n) is 16.7. The number of Topliss-reactive ketones (excluding diaryl/α,β-unsaturated/α-hetero) is 1. The number of aliphatic hydroxyl groups is 1. The normalized spacial score (nSPS) is 14.7. The molecule has 2 aromatic rings. The molecule has 1 aliphatic rings. The molecule has 0 amide bonds. The molecule has 0 radical (unpaired) electrons. The molecule has 7 nitrogen and oxygen atoms in total. The molecule has 1 unspecified atom stereocenters. The second-order valence-corrected chi connectivity index (χ2v) is 11.6. The summed E-state index contributed by atoms with van der Waals surface area (Å²) in [5.74, 6) is -4.55. The van der Waals surface area contributed by atoms with Gasteiger partial charge in [0, 0.05) is 16.1 Å².